The first-order valence-corrected chi connectivity index (χ1v) is 8.12. The lowest BCUT2D eigenvalue weighted by atomic mass is 10.1. The van der Waals surface area contributed by atoms with Crippen molar-refractivity contribution in [3.63, 3.8) is 0 Å². The van der Waals surface area contributed by atoms with E-state index in [9.17, 15) is 8.42 Å². The van der Waals surface area contributed by atoms with Crippen molar-refractivity contribution in [3.05, 3.63) is 29.3 Å². The van der Waals surface area contributed by atoms with Crippen LogP contribution < -0.4 is 5.32 Å². The molecule has 1 N–H and O–H groups in total. The van der Waals surface area contributed by atoms with Crippen LogP contribution in [0.1, 0.15) is 24.0 Å². The van der Waals surface area contributed by atoms with E-state index in [1.54, 1.807) is 23.5 Å². The number of aryl methyl sites for hydroxylation is 2. The Hall–Kier alpha value is -0.910. The molecule has 1 fully saturated rings. The Labute approximate surface area is 115 Å². The van der Waals surface area contributed by atoms with Crippen molar-refractivity contribution in [1.82, 2.24) is 9.62 Å². The molecule has 1 aromatic rings. The fraction of sp³-hybridized carbons (Fsp3) is 0.571. The lowest BCUT2D eigenvalue weighted by Gasteiger charge is -2.31. The molecule has 1 heterocycles. The molecule has 0 bridgehead atoms. The highest BCUT2D eigenvalue weighted by atomic mass is 32.2. The predicted molar refractivity (Wildman–Crippen MR) is 76.8 cm³/mol. The quantitative estimate of drug-likeness (QED) is 0.917. The summed E-state index contributed by atoms with van der Waals surface area (Å²) >= 11 is 0. The zero-order valence-electron chi connectivity index (χ0n) is 11.8. The van der Waals surface area contributed by atoms with Gasteiger partial charge < -0.3 is 5.32 Å². The third-order valence-corrected chi connectivity index (χ3v) is 5.58. The van der Waals surface area contributed by atoms with Gasteiger partial charge >= 0.3 is 0 Å². The van der Waals surface area contributed by atoms with Gasteiger partial charge in [0.25, 0.3) is 0 Å². The highest BCUT2D eigenvalue weighted by molar-refractivity contribution is 7.89. The molecule has 4 nitrogen and oxygen atoms in total. The van der Waals surface area contributed by atoms with E-state index >= 15 is 0 Å². The van der Waals surface area contributed by atoms with Gasteiger partial charge in [0.2, 0.25) is 10.0 Å². The first kappa shape index (κ1) is 14.5. The lowest BCUT2D eigenvalue weighted by Crippen LogP contribution is -2.43. The lowest BCUT2D eigenvalue weighted by molar-refractivity contribution is 0.296. The molecule has 5 heteroatoms. The Bertz CT molecular complexity index is 528. The minimum absolute atomic E-state index is 0.104. The van der Waals surface area contributed by atoms with Crippen molar-refractivity contribution in [3.8, 4) is 0 Å². The molecule has 1 saturated heterocycles. The van der Waals surface area contributed by atoms with E-state index in [0.717, 1.165) is 37.1 Å². The van der Waals surface area contributed by atoms with Gasteiger partial charge in [-0.2, -0.15) is 4.31 Å². The second kappa shape index (κ2) is 5.61. The summed E-state index contributed by atoms with van der Waals surface area (Å²) in [7, 11) is -1.68. The predicted octanol–water partition coefficient (Wildman–Crippen LogP) is 1.68. The average molecular weight is 282 g/mol. The third-order valence-electron chi connectivity index (χ3n) is 3.70. The summed E-state index contributed by atoms with van der Waals surface area (Å²) in [5.41, 5.74) is 1.97. The van der Waals surface area contributed by atoms with Crippen molar-refractivity contribution >= 4 is 10.0 Å². The van der Waals surface area contributed by atoms with Gasteiger partial charge in [0, 0.05) is 13.1 Å². The van der Waals surface area contributed by atoms with E-state index in [-0.39, 0.29) is 6.04 Å². The van der Waals surface area contributed by atoms with Crippen LogP contribution in [0.3, 0.4) is 0 Å². The summed E-state index contributed by atoms with van der Waals surface area (Å²) in [6.07, 6.45) is 1.75. The molecule has 0 aliphatic carbocycles. The topological polar surface area (TPSA) is 49.4 Å². The molecule has 1 aromatic carbocycles. The molecule has 1 aliphatic heterocycles. The molecule has 0 saturated carbocycles. The summed E-state index contributed by atoms with van der Waals surface area (Å²) in [5, 5.41) is 3.26. The molecule has 2 rings (SSSR count). The van der Waals surface area contributed by atoms with Crippen molar-refractivity contribution in [2.45, 2.75) is 37.6 Å². The Kier molecular flexibility index (Phi) is 4.28. The van der Waals surface area contributed by atoms with E-state index < -0.39 is 10.0 Å². The number of nitrogens with one attached hydrogen (secondary N) is 1. The number of piperidine rings is 1. The Morgan fingerprint density at radius 1 is 1.11 bits per heavy atom. The second-order valence-corrected chi connectivity index (χ2v) is 7.32. The zero-order chi connectivity index (χ0) is 14.0. The number of nitrogens with zero attached hydrogens (tertiary/aromatic N) is 1. The van der Waals surface area contributed by atoms with Gasteiger partial charge in [-0.3, -0.25) is 0 Å². The van der Waals surface area contributed by atoms with Crippen LogP contribution in [0.5, 0.6) is 0 Å². The largest absolute Gasteiger partial charge is 0.317 e. The normalized spacial score (nSPS) is 17.9. The number of rotatable bonds is 3. The fourth-order valence-electron chi connectivity index (χ4n) is 2.61. The van der Waals surface area contributed by atoms with E-state index in [1.165, 1.54) is 0 Å². The Morgan fingerprint density at radius 2 is 1.63 bits per heavy atom. The van der Waals surface area contributed by atoms with Crippen molar-refractivity contribution in [2.24, 2.45) is 0 Å². The summed E-state index contributed by atoms with van der Waals surface area (Å²) in [4.78, 5) is 0.408. The molecule has 1 aliphatic rings. The Morgan fingerprint density at radius 3 is 2.16 bits per heavy atom. The molecule has 0 aromatic heterocycles. The SMILES string of the molecule is Cc1cc(C)cc(S(=O)(=O)N(C)C2CCNCC2)c1. The number of benzene rings is 1. The van der Waals surface area contributed by atoms with Crippen LogP contribution in [0.4, 0.5) is 0 Å². The molecule has 19 heavy (non-hydrogen) atoms. The molecule has 0 spiro atoms. The number of sulfonamides is 1. The van der Waals surface area contributed by atoms with E-state index in [4.69, 9.17) is 0 Å². The molecule has 0 atom stereocenters. The van der Waals surface area contributed by atoms with Crippen molar-refractivity contribution in [1.29, 1.82) is 0 Å². The van der Waals surface area contributed by atoms with Gasteiger partial charge in [0.05, 0.1) is 4.90 Å². The van der Waals surface area contributed by atoms with Gasteiger partial charge in [0.1, 0.15) is 0 Å². The van der Waals surface area contributed by atoms with E-state index in [2.05, 4.69) is 5.32 Å². The third kappa shape index (κ3) is 3.16. The Balaban J connectivity index is 2.30. The van der Waals surface area contributed by atoms with Crippen LogP contribution in [0, 0.1) is 13.8 Å². The summed E-state index contributed by atoms with van der Waals surface area (Å²) in [6, 6.07) is 5.59. The van der Waals surface area contributed by atoms with Gasteiger partial charge in [-0.05, 0) is 63.0 Å². The number of hydrogen-bond acceptors (Lipinski definition) is 3. The molecule has 106 valence electrons. The highest BCUT2D eigenvalue weighted by Crippen LogP contribution is 2.22. The zero-order valence-corrected chi connectivity index (χ0v) is 12.6. The van der Waals surface area contributed by atoms with Crippen LogP contribution >= 0.6 is 0 Å². The maximum absolute atomic E-state index is 12.6. The maximum atomic E-state index is 12.6. The molecular weight excluding hydrogens is 260 g/mol. The monoisotopic (exact) mass is 282 g/mol. The average Bonchev–Trinajstić information content (AvgIpc) is 2.37. The molecular formula is C14H22N2O2S. The first-order valence-electron chi connectivity index (χ1n) is 6.68. The van der Waals surface area contributed by atoms with Gasteiger partial charge in [-0.15, -0.1) is 0 Å². The van der Waals surface area contributed by atoms with Crippen LogP contribution in [-0.2, 0) is 10.0 Å². The fourth-order valence-corrected chi connectivity index (χ4v) is 4.22. The minimum atomic E-state index is -3.38. The summed E-state index contributed by atoms with van der Waals surface area (Å²) in [6.45, 7) is 5.63. The smallest absolute Gasteiger partial charge is 0.243 e. The standard InChI is InChI=1S/C14H22N2O2S/c1-11-8-12(2)10-14(9-11)19(17,18)16(3)13-4-6-15-7-5-13/h8-10,13,15H,4-7H2,1-3H3. The van der Waals surface area contributed by atoms with Crippen LogP contribution in [-0.4, -0.2) is 38.9 Å². The highest BCUT2D eigenvalue weighted by Gasteiger charge is 2.29. The molecule has 0 radical (unpaired) electrons. The van der Waals surface area contributed by atoms with Crippen LogP contribution in [0.15, 0.2) is 23.1 Å². The second-order valence-electron chi connectivity index (χ2n) is 5.33. The van der Waals surface area contributed by atoms with Crippen LogP contribution in [0.25, 0.3) is 0 Å². The van der Waals surface area contributed by atoms with Crippen molar-refractivity contribution in [2.75, 3.05) is 20.1 Å². The molecule has 0 amide bonds. The summed E-state index contributed by atoms with van der Waals surface area (Å²) in [5.74, 6) is 0. The number of hydrogen-bond donors (Lipinski definition) is 1. The minimum Gasteiger partial charge on any atom is -0.317 e. The van der Waals surface area contributed by atoms with E-state index in [0.29, 0.717) is 4.90 Å². The summed E-state index contributed by atoms with van der Waals surface area (Å²) < 4.78 is 26.8. The van der Waals surface area contributed by atoms with Gasteiger partial charge in [0.15, 0.2) is 0 Å². The maximum Gasteiger partial charge on any atom is 0.243 e. The van der Waals surface area contributed by atoms with Gasteiger partial charge in [-0.1, -0.05) is 6.07 Å². The molecule has 0 unspecified atom stereocenters. The first-order chi connectivity index (χ1) is 8.91. The van der Waals surface area contributed by atoms with Crippen molar-refractivity contribution < 1.29 is 8.42 Å². The van der Waals surface area contributed by atoms with E-state index in [1.807, 2.05) is 19.9 Å². The van der Waals surface area contributed by atoms with Crippen LogP contribution in [0.2, 0.25) is 0 Å². The van der Waals surface area contributed by atoms with Gasteiger partial charge in [-0.25, -0.2) is 8.42 Å².